The van der Waals surface area contributed by atoms with Gasteiger partial charge in [-0.1, -0.05) is 17.7 Å². The lowest BCUT2D eigenvalue weighted by Crippen LogP contribution is -2.23. The first-order valence-electron chi connectivity index (χ1n) is 6.04. The largest absolute Gasteiger partial charge is 0.270 e. The van der Waals surface area contributed by atoms with Gasteiger partial charge in [-0.15, -0.1) is 0 Å². The number of nitrogens with zero attached hydrogens (tertiary/aromatic N) is 3. The first-order chi connectivity index (χ1) is 9.02. The van der Waals surface area contributed by atoms with Gasteiger partial charge >= 0.3 is 0 Å². The van der Waals surface area contributed by atoms with Crippen molar-refractivity contribution in [3.8, 4) is 17.3 Å². The summed E-state index contributed by atoms with van der Waals surface area (Å²) in [5.74, 6) is 0. The highest BCUT2D eigenvalue weighted by Crippen LogP contribution is 2.22. The van der Waals surface area contributed by atoms with Crippen LogP contribution in [-0.2, 0) is 13.5 Å². The molecule has 1 heterocycles. The van der Waals surface area contributed by atoms with Gasteiger partial charge in [0.2, 0.25) is 0 Å². The Labute approximate surface area is 111 Å². The Morgan fingerprint density at radius 1 is 1.32 bits per heavy atom. The molecular formula is C15H15N3O. The van der Waals surface area contributed by atoms with Crippen LogP contribution in [0.25, 0.3) is 11.3 Å². The quantitative estimate of drug-likeness (QED) is 0.823. The van der Waals surface area contributed by atoms with Crippen LogP contribution in [0.3, 0.4) is 0 Å². The Morgan fingerprint density at radius 2 is 2.05 bits per heavy atom. The fraction of sp³-hybridized carbons (Fsp3) is 0.267. The van der Waals surface area contributed by atoms with Crippen LogP contribution in [0.5, 0.6) is 0 Å². The maximum Gasteiger partial charge on any atom is 0.270 e. The molecule has 0 aliphatic carbocycles. The van der Waals surface area contributed by atoms with Crippen LogP contribution in [0.4, 0.5) is 0 Å². The molecule has 1 aromatic heterocycles. The van der Waals surface area contributed by atoms with Gasteiger partial charge in [-0.25, -0.2) is 4.68 Å². The molecular weight excluding hydrogens is 238 g/mol. The van der Waals surface area contributed by atoms with Crippen LogP contribution < -0.4 is 5.56 Å². The monoisotopic (exact) mass is 253 g/mol. The van der Waals surface area contributed by atoms with E-state index in [2.05, 4.69) is 5.10 Å². The average molecular weight is 253 g/mol. The first-order valence-corrected chi connectivity index (χ1v) is 6.04. The number of aryl methyl sites for hydroxylation is 3. The Bertz CT molecular complexity index is 723. The molecule has 0 aliphatic heterocycles. The first kappa shape index (κ1) is 13.0. The van der Waals surface area contributed by atoms with Gasteiger partial charge < -0.3 is 0 Å². The summed E-state index contributed by atoms with van der Waals surface area (Å²) < 4.78 is 1.30. The predicted molar refractivity (Wildman–Crippen MR) is 73.7 cm³/mol. The fourth-order valence-corrected chi connectivity index (χ4v) is 2.03. The van der Waals surface area contributed by atoms with Gasteiger partial charge in [0, 0.05) is 18.2 Å². The minimum Gasteiger partial charge on any atom is -0.267 e. The zero-order valence-electron chi connectivity index (χ0n) is 11.3. The molecule has 0 fully saturated rings. The van der Waals surface area contributed by atoms with Crippen molar-refractivity contribution in [3.63, 3.8) is 0 Å². The van der Waals surface area contributed by atoms with Crippen molar-refractivity contribution in [3.05, 3.63) is 51.3 Å². The van der Waals surface area contributed by atoms with Crippen LogP contribution in [-0.4, -0.2) is 9.78 Å². The van der Waals surface area contributed by atoms with Gasteiger partial charge in [0.25, 0.3) is 5.56 Å². The molecule has 0 aliphatic rings. The summed E-state index contributed by atoms with van der Waals surface area (Å²) in [5, 5.41) is 13.1. The zero-order chi connectivity index (χ0) is 14.0. The predicted octanol–water partition coefficient (Wildman–Crippen LogP) is 2.13. The SMILES string of the molecule is Cc1ccc(C)c(-c2cc(CC#N)c(=O)n(C)n2)c1. The van der Waals surface area contributed by atoms with Crippen molar-refractivity contribution in [2.75, 3.05) is 0 Å². The van der Waals surface area contributed by atoms with Crippen LogP contribution in [0.15, 0.2) is 29.1 Å². The molecule has 19 heavy (non-hydrogen) atoms. The van der Waals surface area contributed by atoms with Crippen LogP contribution in [0.1, 0.15) is 16.7 Å². The second kappa shape index (κ2) is 5.07. The molecule has 4 nitrogen and oxygen atoms in total. The summed E-state index contributed by atoms with van der Waals surface area (Å²) in [7, 11) is 1.61. The Balaban J connectivity index is 2.66. The van der Waals surface area contributed by atoms with Crippen LogP contribution in [0.2, 0.25) is 0 Å². The maximum atomic E-state index is 11.8. The van der Waals surface area contributed by atoms with Gasteiger partial charge in [-0.3, -0.25) is 4.79 Å². The summed E-state index contributed by atoms with van der Waals surface area (Å²) in [5.41, 5.74) is 4.23. The number of nitriles is 1. The van der Waals surface area contributed by atoms with Crippen molar-refractivity contribution in [1.82, 2.24) is 9.78 Å². The summed E-state index contributed by atoms with van der Waals surface area (Å²) in [6, 6.07) is 9.84. The lowest BCUT2D eigenvalue weighted by molar-refractivity contribution is 0.702. The lowest BCUT2D eigenvalue weighted by Gasteiger charge is -2.09. The molecule has 0 atom stereocenters. The third-order valence-electron chi connectivity index (χ3n) is 3.08. The molecule has 2 aromatic rings. The average Bonchev–Trinajstić information content (AvgIpc) is 2.38. The van der Waals surface area contributed by atoms with E-state index in [1.807, 2.05) is 38.1 Å². The van der Waals surface area contributed by atoms with E-state index in [1.165, 1.54) is 4.68 Å². The number of rotatable bonds is 2. The minimum absolute atomic E-state index is 0.104. The molecule has 0 unspecified atom stereocenters. The van der Waals surface area contributed by atoms with Crippen molar-refractivity contribution in [1.29, 1.82) is 5.26 Å². The minimum atomic E-state index is -0.212. The molecule has 0 amide bonds. The van der Waals surface area contributed by atoms with E-state index in [9.17, 15) is 4.79 Å². The molecule has 2 rings (SSSR count). The van der Waals surface area contributed by atoms with E-state index in [4.69, 9.17) is 5.26 Å². The molecule has 0 N–H and O–H groups in total. The van der Waals surface area contributed by atoms with Gasteiger partial charge in [-0.05, 0) is 31.5 Å². The topological polar surface area (TPSA) is 58.7 Å². The highest BCUT2D eigenvalue weighted by Gasteiger charge is 2.09. The van der Waals surface area contributed by atoms with Crippen molar-refractivity contribution < 1.29 is 0 Å². The number of hydrogen-bond acceptors (Lipinski definition) is 3. The highest BCUT2D eigenvalue weighted by atomic mass is 16.1. The molecule has 0 radical (unpaired) electrons. The number of hydrogen-bond donors (Lipinski definition) is 0. The normalized spacial score (nSPS) is 10.2. The van der Waals surface area contributed by atoms with Crippen LogP contribution in [0, 0.1) is 25.2 Å². The molecule has 0 saturated heterocycles. The zero-order valence-corrected chi connectivity index (χ0v) is 11.3. The number of benzene rings is 1. The summed E-state index contributed by atoms with van der Waals surface area (Å²) in [4.78, 5) is 11.8. The Kier molecular flexibility index (Phi) is 3.48. The van der Waals surface area contributed by atoms with Gasteiger partial charge in [0.15, 0.2) is 0 Å². The molecule has 0 bridgehead atoms. The third kappa shape index (κ3) is 2.55. The molecule has 96 valence electrons. The van der Waals surface area contributed by atoms with E-state index in [0.717, 1.165) is 22.4 Å². The Hall–Kier alpha value is -2.41. The molecule has 1 aromatic carbocycles. The van der Waals surface area contributed by atoms with Gasteiger partial charge in [0.1, 0.15) is 0 Å². The van der Waals surface area contributed by atoms with Gasteiger partial charge in [-0.2, -0.15) is 10.4 Å². The summed E-state index contributed by atoms with van der Waals surface area (Å²) in [6.45, 7) is 4.02. The fourth-order valence-electron chi connectivity index (χ4n) is 2.03. The summed E-state index contributed by atoms with van der Waals surface area (Å²) in [6.07, 6.45) is 0.104. The molecule has 4 heteroatoms. The maximum absolute atomic E-state index is 11.8. The molecule has 0 spiro atoms. The standard InChI is InChI=1S/C15H15N3O/c1-10-4-5-11(2)13(8-10)14-9-12(6-7-16)15(19)18(3)17-14/h4-5,8-9H,6H2,1-3H3. The summed E-state index contributed by atoms with van der Waals surface area (Å²) >= 11 is 0. The van der Waals surface area contributed by atoms with Gasteiger partial charge in [0.05, 0.1) is 18.2 Å². The molecule has 0 saturated carbocycles. The van der Waals surface area contributed by atoms with Crippen molar-refractivity contribution >= 4 is 0 Å². The van der Waals surface area contributed by atoms with Crippen LogP contribution >= 0.6 is 0 Å². The van der Waals surface area contributed by atoms with E-state index in [1.54, 1.807) is 13.1 Å². The van der Waals surface area contributed by atoms with E-state index in [-0.39, 0.29) is 12.0 Å². The van der Waals surface area contributed by atoms with Crippen molar-refractivity contribution in [2.45, 2.75) is 20.3 Å². The number of aromatic nitrogens is 2. The Morgan fingerprint density at radius 3 is 2.74 bits per heavy atom. The second-order valence-corrected chi connectivity index (χ2v) is 4.64. The van der Waals surface area contributed by atoms with Crippen molar-refractivity contribution in [2.24, 2.45) is 7.05 Å². The van der Waals surface area contributed by atoms with E-state index in [0.29, 0.717) is 5.56 Å². The lowest BCUT2D eigenvalue weighted by atomic mass is 10.0. The van der Waals surface area contributed by atoms with E-state index >= 15 is 0 Å². The van der Waals surface area contributed by atoms with E-state index < -0.39 is 0 Å². The smallest absolute Gasteiger partial charge is 0.267 e. The highest BCUT2D eigenvalue weighted by molar-refractivity contribution is 5.64. The second-order valence-electron chi connectivity index (χ2n) is 4.64. The third-order valence-corrected chi connectivity index (χ3v) is 3.08.